The van der Waals surface area contributed by atoms with Crippen molar-refractivity contribution in [3.05, 3.63) is 47.4 Å². The van der Waals surface area contributed by atoms with Crippen molar-refractivity contribution in [2.24, 2.45) is 0 Å². The fourth-order valence-corrected chi connectivity index (χ4v) is 3.99. The fourth-order valence-electron chi connectivity index (χ4n) is 2.69. The number of hydrogen-bond donors (Lipinski definition) is 1. The van der Waals surface area contributed by atoms with Gasteiger partial charge in [-0.25, -0.2) is 8.42 Å². The van der Waals surface area contributed by atoms with Crippen LogP contribution < -0.4 is 10.3 Å². The molecule has 0 fully saturated rings. The number of rotatable bonds is 8. The average molecular weight is 376 g/mol. The SMILES string of the molecule is COCCCOC1=CCNC(CS(=O)(=O)c2nc3ccccc3[n-]2)=C1C. The maximum Gasteiger partial charge on any atom is 0.176 e. The monoisotopic (exact) mass is 376 g/mol. The topological polar surface area (TPSA) is 91.6 Å². The molecule has 0 bridgehead atoms. The van der Waals surface area contributed by atoms with E-state index >= 15 is 0 Å². The fraction of sp³-hybridized carbons (Fsp3) is 0.389. The van der Waals surface area contributed by atoms with E-state index in [9.17, 15) is 8.42 Å². The number of para-hydroxylation sites is 2. The van der Waals surface area contributed by atoms with E-state index < -0.39 is 9.84 Å². The second-order valence-electron chi connectivity index (χ2n) is 6.00. The van der Waals surface area contributed by atoms with Gasteiger partial charge in [0.25, 0.3) is 0 Å². The summed E-state index contributed by atoms with van der Waals surface area (Å²) in [6, 6.07) is 7.11. The number of dihydropyridines is 1. The normalized spacial score (nSPS) is 15.1. The van der Waals surface area contributed by atoms with Crippen LogP contribution in [0.2, 0.25) is 0 Å². The third kappa shape index (κ3) is 4.08. The Balaban J connectivity index is 1.76. The van der Waals surface area contributed by atoms with Crippen LogP contribution in [0.15, 0.2) is 52.5 Å². The molecule has 26 heavy (non-hydrogen) atoms. The standard InChI is InChI=1S/C18H22N3O4S/c1-13-16(19-9-8-17(13)25-11-5-10-24-2)12-26(22,23)18-20-14-6-3-4-7-15(14)21-18/h3-4,6-8,19H,5,9-12H2,1-2H3/q-1. The number of hydrogen-bond acceptors (Lipinski definition) is 6. The molecule has 0 unspecified atom stereocenters. The lowest BCUT2D eigenvalue weighted by Crippen LogP contribution is -2.27. The molecule has 0 radical (unpaired) electrons. The zero-order chi connectivity index (χ0) is 18.6. The van der Waals surface area contributed by atoms with Crippen molar-refractivity contribution >= 4 is 20.9 Å². The lowest BCUT2D eigenvalue weighted by atomic mass is 10.1. The van der Waals surface area contributed by atoms with Crippen LogP contribution in [0.3, 0.4) is 0 Å². The lowest BCUT2D eigenvalue weighted by Gasteiger charge is -2.22. The lowest BCUT2D eigenvalue weighted by molar-refractivity contribution is 0.147. The molecule has 2 aromatic rings. The predicted molar refractivity (Wildman–Crippen MR) is 98.3 cm³/mol. The zero-order valence-electron chi connectivity index (χ0n) is 14.9. The number of nitrogens with zero attached hydrogens (tertiary/aromatic N) is 2. The van der Waals surface area contributed by atoms with Gasteiger partial charge in [-0.1, -0.05) is 24.3 Å². The van der Waals surface area contributed by atoms with E-state index in [0.29, 0.717) is 42.2 Å². The van der Waals surface area contributed by atoms with Gasteiger partial charge in [0.05, 0.1) is 12.4 Å². The first kappa shape index (κ1) is 18.5. The summed E-state index contributed by atoms with van der Waals surface area (Å²) in [5.41, 5.74) is 2.56. The van der Waals surface area contributed by atoms with Crippen molar-refractivity contribution in [1.29, 1.82) is 0 Å². The molecule has 140 valence electrons. The summed E-state index contributed by atoms with van der Waals surface area (Å²) in [7, 11) is -2.01. The Hall–Kier alpha value is -2.32. The molecule has 1 aromatic carbocycles. The Morgan fingerprint density at radius 1 is 1.27 bits per heavy atom. The number of aromatic nitrogens is 2. The van der Waals surface area contributed by atoms with Crippen molar-refractivity contribution in [2.45, 2.75) is 18.5 Å². The molecule has 7 nitrogen and oxygen atoms in total. The van der Waals surface area contributed by atoms with Crippen LogP contribution in [0.5, 0.6) is 0 Å². The van der Waals surface area contributed by atoms with Crippen molar-refractivity contribution in [3.63, 3.8) is 0 Å². The van der Waals surface area contributed by atoms with Gasteiger partial charge < -0.3 is 24.8 Å². The molecule has 0 aliphatic carbocycles. The maximum atomic E-state index is 12.7. The molecular weight excluding hydrogens is 354 g/mol. The molecule has 0 amide bonds. The average Bonchev–Trinajstić information content (AvgIpc) is 3.07. The van der Waals surface area contributed by atoms with Crippen molar-refractivity contribution in [1.82, 2.24) is 15.3 Å². The Morgan fingerprint density at radius 2 is 2.08 bits per heavy atom. The summed E-state index contributed by atoms with van der Waals surface area (Å²) >= 11 is 0. The summed E-state index contributed by atoms with van der Waals surface area (Å²) in [5.74, 6) is 0.520. The number of benzene rings is 1. The molecule has 0 saturated carbocycles. The maximum absolute atomic E-state index is 12.7. The van der Waals surface area contributed by atoms with Gasteiger partial charge >= 0.3 is 0 Å². The summed E-state index contributed by atoms with van der Waals surface area (Å²) < 4.78 is 36.2. The molecular formula is C18H22N3O4S-. The van der Waals surface area contributed by atoms with Crippen LogP contribution in [0, 0.1) is 0 Å². The van der Waals surface area contributed by atoms with Gasteiger partial charge in [0.1, 0.15) is 5.76 Å². The Bertz CT molecular complexity index is 911. The minimum Gasteiger partial charge on any atom is -0.493 e. The molecule has 3 rings (SSSR count). The number of ether oxygens (including phenoxy) is 2. The summed E-state index contributed by atoms with van der Waals surface area (Å²) in [6.45, 7) is 3.51. The number of allylic oxidation sites excluding steroid dienone is 1. The Labute approximate surface area is 153 Å². The van der Waals surface area contributed by atoms with E-state index in [1.165, 1.54) is 0 Å². The largest absolute Gasteiger partial charge is 0.493 e. The minimum atomic E-state index is -3.65. The summed E-state index contributed by atoms with van der Waals surface area (Å²) in [5, 5.41) is 2.98. The highest BCUT2D eigenvalue weighted by atomic mass is 32.2. The quantitative estimate of drug-likeness (QED) is 0.702. The Kier molecular flexibility index (Phi) is 5.63. The van der Waals surface area contributed by atoms with Gasteiger partial charge in [0, 0.05) is 43.1 Å². The van der Waals surface area contributed by atoms with Crippen LogP contribution in [0.1, 0.15) is 13.3 Å². The van der Waals surface area contributed by atoms with Gasteiger partial charge in [-0.2, -0.15) is 0 Å². The van der Waals surface area contributed by atoms with Gasteiger partial charge in [-0.15, -0.1) is 0 Å². The van der Waals surface area contributed by atoms with Gasteiger partial charge in [-0.3, -0.25) is 0 Å². The van der Waals surface area contributed by atoms with E-state index in [2.05, 4.69) is 15.3 Å². The van der Waals surface area contributed by atoms with Crippen LogP contribution in [-0.2, 0) is 19.3 Å². The van der Waals surface area contributed by atoms with Crippen LogP contribution >= 0.6 is 0 Å². The summed E-state index contributed by atoms with van der Waals surface area (Å²) in [4.78, 5) is 8.31. The van der Waals surface area contributed by atoms with E-state index in [1.54, 1.807) is 31.4 Å². The molecule has 1 aromatic heterocycles. The van der Waals surface area contributed by atoms with Crippen molar-refractivity contribution < 1.29 is 17.9 Å². The zero-order valence-corrected chi connectivity index (χ0v) is 15.7. The van der Waals surface area contributed by atoms with Crippen LogP contribution in [-0.4, -0.2) is 46.0 Å². The number of fused-ring (bicyclic) bond motifs is 1. The third-order valence-electron chi connectivity index (χ3n) is 4.10. The number of nitrogens with one attached hydrogen (secondary N) is 1. The van der Waals surface area contributed by atoms with E-state index in [4.69, 9.17) is 9.47 Å². The molecule has 1 aliphatic heterocycles. The molecule has 0 atom stereocenters. The molecule has 1 N–H and O–H groups in total. The van der Waals surface area contributed by atoms with E-state index in [1.807, 2.05) is 13.0 Å². The molecule has 0 spiro atoms. The van der Waals surface area contributed by atoms with Crippen LogP contribution in [0.4, 0.5) is 0 Å². The highest BCUT2D eigenvalue weighted by Crippen LogP contribution is 2.22. The molecule has 8 heteroatoms. The highest BCUT2D eigenvalue weighted by Gasteiger charge is 2.20. The van der Waals surface area contributed by atoms with Gasteiger partial charge in [0.2, 0.25) is 0 Å². The molecule has 2 heterocycles. The van der Waals surface area contributed by atoms with Gasteiger partial charge in [0.15, 0.2) is 9.84 Å². The number of sulfone groups is 1. The second-order valence-corrected chi connectivity index (χ2v) is 7.88. The first-order chi connectivity index (χ1) is 12.5. The second kappa shape index (κ2) is 7.92. The predicted octanol–water partition coefficient (Wildman–Crippen LogP) is 1.78. The smallest absolute Gasteiger partial charge is 0.176 e. The van der Waals surface area contributed by atoms with Gasteiger partial charge in [-0.05, 0) is 24.0 Å². The number of methoxy groups -OCH3 is 1. The molecule has 1 aliphatic rings. The minimum absolute atomic E-state index is 0.141. The number of imidazole rings is 1. The highest BCUT2D eigenvalue weighted by molar-refractivity contribution is 7.91. The molecule has 0 saturated heterocycles. The van der Waals surface area contributed by atoms with Crippen molar-refractivity contribution in [2.75, 3.05) is 32.6 Å². The first-order valence-corrected chi connectivity index (χ1v) is 10.0. The Morgan fingerprint density at radius 3 is 2.85 bits per heavy atom. The van der Waals surface area contributed by atoms with Crippen LogP contribution in [0.25, 0.3) is 11.0 Å². The van der Waals surface area contributed by atoms with E-state index in [-0.39, 0.29) is 10.9 Å². The summed E-state index contributed by atoms with van der Waals surface area (Å²) in [6.07, 6.45) is 2.68. The van der Waals surface area contributed by atoms with Crippen molar-refractivity contribution in [3.8, 4) is 0 Å². The first-order valence-electron chi connectivity index (χ1n) is 8.39. The third-order valence-corrected chi connectivity index (χ3v) is 5.51. The van der Waals surface area contributed by atoms with E-state index in [0.717, 1.165) is 12.0 Å².